The summed E-state index contributed by atoms with van der Waals surface area (Å²) in [5.41, 5.74) is 2.21. The van der Waals surface area contributed by atoms with Crippen LogP contribution in [0, 0.1) is 27.7 Å². The lowest BCUT2D eigenvalue weighted by Crippen LogP contribution is -2.30. The van der Waals surface area contributed by atoms with Gasteiger partial charge < -0.3 is 20.1 Å². The quantitative estimate of drug-likeness (QED) is 0.542. The number of fused-ring (bicyclic) bond motifs is 1. The van der Waals surface area contributed by atoms with Gasteiger partial charge in [-0.3, -0.25) is 0 Å². The van der Waals surface area contributed by atoms with E-state index in [2.05, 4.69) is 0 Å². The molecule has 158 valence electrons. The number of carbonyl (C=O) groups is 2. The van der Waals surface area contributed by atoms with Crippen molar-refractivity contribution in [1.29, 1.82) is 0 Å². The van der Waals surface area contributed by atoms with Gasteiger partial charge in [0.2, 0.25) is 0 Å². The summed E-state index contributed by atoms with van der Waals surface area (Å²) < 4.78 is 5.96. The van der Waals surface area contributed by atoms with E-state index >= 15 is 0 Å². The van der Waals surface area contributed by atoms with Gasteiger partial charge in [0.05, 0.1) is 11.1 Å². The fraction of sp³-hybridized carbons (Fsp3) is 0.200. The topological polar surface area (TPSA) is 104 Å². The molecule has 0 atom stereocenters. The standard InChI is InChI=1S/C25H22O6/c1-12-7-14(3)21(26)19(9-12)25(20-10-13(2)8-15(4)22(20)27)18-6-5-16(23(28)29)11-17(18)24(30)31-25/h5-11,26-27H,1-4H3,(H,28,29). The van der Waals surface area contributed by atoms with Gasteiger partial charge in [0.1, 0.15) is 11.5 Å². The molecule has 3 aromatic carbocycles. The first-order chi connectivity index (χ1) is 14.6. The molecule has 3 aromatic rings. The van der Waals surface area contributed by atoms with Crippen LogP contribution < -0.4 is 0 Å². The van der Waals surface area contributed by atoms with Crippen molar-refractivity contribution in [2.75, 3.05) is 0 Å². The Bertz CT molecular complexity index is 1210. The van der Waals surface area contributed by atoms with E-state index in [9.17, 15) is 24.9 Å². The number of benzene rings is 3. The van der Waals surface area contributed by atoms with Crippen molar-refractivity contribution in [2.45, 2.75) is 33.3 Å². The lowest BCUT2D eigenvalue weighted by molar-refractivity contribution is 0.0238. The number of ether oxygens (including phenoxy) is 1. The Labute approximate surface area is 179 Å². The highest BCUT2D eigenvalue weighted by Gasteiger charge is 2.52. The van der Waals surface area contributed by atoms with E-state index < -0.39 is 17.5 Å². The molecule has 0 radical (unpaired) electrons. The minimum absolute atomic E-state index is 0.0548. The van der Waals surface area contributed by atoms with Gasteiger partial charge in [0.25, 0.3) is 0 Å². The van der Waals surface area contributed by atoms with Crippen LogP contribution in [0.4, 0.5) is 0 Å². The minimum atomic E-state index is -1.63. The van der Waals surface area contributed by atoms with Crippen LogP contribution in [0.25, 0.3) is 0 Å². The van der Waals surface area contributed by atoms with Gasteiger partial charge in [0, 0.05) is 16.7 Å². The molecule has 1 aliphatic rings. The Morgan fingerprint density at radius 2 is 1.32 bits per heavy atom. The average Bonchev–Trinajstić information content (AvgIpc) is 3.00. The van der Waals surface area contributed by atoms with E-state index in [1.807, 2.05) is 13.8 Å². The van der Waals surface area contributed by atoms with Crippen molar-refractivity contribution < 1.29 is 29.6 Å². The third-order valence-corrected chi connectivity index (χ3v) is 5.76. The molecule has 3 N–H and O–H groups in total. The molecule has 4 rings (SSSR count). The van der Waals surface area contributed by atoms with E-state index in [1.54, 1.807) is 38.1 Å². The number of carboxylic acids is 1. The molecule has 0 aliphatic carbocycles. The van der Waals surface area contributed by atoms with Crippen LogP contribution in [0.15, 0.2) is 42.5 Å². The first kappa shape index (κ1) is 20.5. The summed E-state index contributed by atoms with van der Waals surface area (Å²) in [6, 6.07) is 11.2. The number of hydrogen-bond donors (Lipinski definition) is 3. The number of carboxylic acid groups (broad SMARTS) is 1. The van der Waals surface area contributed by atoms with Crippen molar-refractivity contribution in [1.82, 2.24) is 0 Å². The SMILES string of the molecule is Cc1cc(C)c(O)c(C2(c3cc(C)cc(C)c3O)OC(=O)c3cc(C(=O)O)ccc32)c1. The zero-order valence-corrected chi connectivity index (χ0v) is 17.6. The van der Waals surface area contributed by atoms with Gasteiger partial charge in [-0.15, -0.1) is 0 Å². The minimum Gasteiger partial charge on any atom is -0.507 e. The number of rotatable bonds is 3. The molecule has 6 heteroatoms. The monoisotopic (exact) mass is 418 g/mol. The molecular weight excluding hydrogens is 396 g/mol. The Morgan fingerprint density at radius 1 is 0.806 bits per heavy atom. The van der Waals surface area contributed by atoms with Crippen molar-refractivity contribution in [3.8, 4) is 11.5 Å². The second kappa shape index (κ2) is 6.87. The third-order valence-electron chi connectivity index (χ3n) is 5.76. The summed E-state index contributed by atoms with van der Waals surface area (Å²) in [4.78, 5) is 24.5. The lowest BCUT2D eigenvalue weighted by Gasteiger charge is -2.32. The maximum atomic E-state index is 13.0. The highest BCUT2D eigenvalue weighted by molar-refractivity contribution is 6.00. The zero-order chi connectivity index (χ0) is 22.7. The Hall–Kier alpha value is -3.80. The second-order valence-electron chi connectivity index (χ2n) is 8.09. The van der Waals surface area contributed by atoms with Crippen molar-refractivity contribution in [3.05, 3.63) is 92.5 Å². The van der Waals surface area contributed by atoms with Gasteiger partial charge in [-0.2, -0.15) is 0 Å². The summed E-state index contributed by atoms with van der Waals surface area (Å²) in [5.74, 6) is -2.02. The number of aromatic hydroxyl groups is 2. The zero-order valence-electron chi connectivity index (χ0n) is 17.6. The molecule has 0 spiro atoms. The first-order valence-corrected chi connectivity index (χ1v) is 9.78. The first-order valence-electron chi connectivity index (χ1n) is 9.78. The number of phenols is 2. The van der Waals surface area contributed by atoms with Crippen LogP contribution in [0.3, 0.4) is 0 Å². The van der Waals surface area contributed by atoms with Crippen LogP contribution in [0.5, 0.6) is 11.5 Å². The summed E-state index contributed by atoms with van der Waals surface area (Å²) >= 11 is 0. The van der Waals surface area contributed by atoms with E-state index in [4.69, 9.17) is 4.74 Å². The maximum Gasteiger partial charge on any atom is 0.340 e. The summed E-state index contributed by atoms with van der Waals surface area (Å²) in [6.07, 6.45) is 0. The number of esters is 1. The van der Waals surface area contributed by atoms with Gasteiger partial charge in [-0.25, -0.2) is 9.59 Å². The van der Waals surface area contributed by atoms with Gasteiger partial charge in [-0.1, -0.05) is 29.3 Å². The van der Waals surface area contributed by atoms with Gasteiger partial charge >= 0.3 is 11.9 Å². The van der Waals surface area contributed by atoms with Crippen LogP contribution in [0.1, 0.15) is 59.7 Å². The summed E-state index contributed by atoms with van der Waals surface area (Å²) in [7, 11) is 0. The predicted octanol–water partition coefficient (Wildman–Crippen LogP) is 4.49. The number of phenolic OH excluding ortho intramolecular Hbond substituents is 2. The molecule has 0 saturated heterocycles. The number of aryl methyl sites for hydroxylation is 4. The van der Waals surface area contributed by atoms with Crippen molar-refractivity contribution in [3.63, 3.8) is 0 Å². The van der Waals surface area contributed by atoms with E-state index in [-0.39, 0.29) is 22.6 Å². The average molecular weight is 418 g/mol. The number of cyclic esters (lactones) is 1. The van der Waals surface area contributed by atoms with E-state index in [0.29, 0.717) is 27.8 Å². The van der Waals surface area contributed by atoms with Crippen LogP contribution in [-0.2, 0) is 10.3 Å². The van der Waals surface area contributed by atoms with Gasteiger partial charge in [-0.05, 0) is 63.1 Å². The maximum absolute atomic E-state index is 13.0. The molecule has 0 unspecified atom stereocenters. The highest BCUT2D eigenvalue weighted by Crippen LogP contribution is 2.53. The van der Waals surface area contributed by atoms with Crippen LogP contribution >= 0.6 is 0 Å². The molecule has 31 heavy (non-hydrogen) atoms. The molecule has 1 aliphatic heterocycles. The predicted molar refractivity (Wildman–Crippen MR) is 114 cm³/mol. The number of aromatic carboxylic acids is 1. The Kier molecular flexibility index (Phi) is 4.54. The molecular formula is C25H22O6. The number of hydrogen-bond acceptors (Lipinski definition) is 5. The lowest BCUT2D eigenvalue weighted by atomic mass is 9.77. The molecule has 0 bridgehead atoms. The highest BCUT2D eigenvalue weighted by atomic mass is 16.6. The fourth-order valence-electron chi connectivity index (χ4n) is 4.40. The largest absolute Gasteiger partial charge is 0.507 e. The molecule has 0 amide bonds. The number of carbonyl (C=O) groups excluding carboxylic acids is 1. The smallest absolute Gasteiger partial charge is 0.340 e. The van der Waals surface area contributed by atoms with Crippen molar-refractivity contribution >= 4 is 11.9 Å². The Morgan fingerprint density at radius 3 is 1.81 bits per heavy atom. The Balaban J connectivity index is 2.18. The molecule has 0 fully saturated rings. The molecule has 1 heterocycles. The second-order valence-corrected chi connectivity index (χ2v) is 8.09. The van der Waals surface area contributed by atoms with Gasteiger partial charge in [0.15, 0.2) is 5.60 Å². The molecule has 6 nitrogen and oxygen atoms in total. The fourth-order valence-corrected chi connectivity index (χ4v) is 4.40. The van der Waals surface area contributed by atoms with Crippen LogP contribution in [0.2, 0.25) is 0 Å². The van der Waals surface area contributed by atoms with E-state index in [1.165, 1.54) is 18.2 Å². The van der Waals surface area contributed by atoms with Crippen LogP contribution in [-0.4, -0.2) is 27.3 Å². The normalized spacial score (nSPS) is 14.3. The third kappa shape index (κ3) is 2.94. The van der Waals surface area contributed by atoms with E-state index in [0.717, 1.165) is 11.1 Å². The molecule has 0 aromatic heterocycles. The summed E-state index contributed by atoms with van der Waals surface area (Å²) in [5, 5.41) is 31.4. The summed E-state index contributed by atoms with van der Waals surface area (Å²) in [6.45, 7) is 7.20. The van der Waals surface area contributed by atoms with Crippen molar-refractivity contribution in [2.24, 2.45) is 0 Å². The molecule has 0 saturated carbocycles.